The fourth-order valence-corrected chi connectivity index (χ4v) is 4.84. The number of benzene rings is 3. The maximum Gasteiger partial charge on any atom is 0.355 e. The SMILES string of the molecule is COC(=O)c1c(-c2cc(Br)c(OC)c(OC)c2)c2cc(OC)c(OC)cc2c(=O)n1-c1ccc(N)cc1.Cl. The van der Waals surface area contributed by atoms with Crippen LogP contribution in [0.4, 0.5) is 5.69 Å². The number of hydrogen-bond acceptors (Lipinski definition) is 8. The summed E-state index contributed by atoms with van der Waals surface area (Å²) in [6, 6.07) is 13.4. The number of hydrogen-bond donors (Lipinski definition) is 1. The lowest BCUT2D eigenvalue weighted by Crippen LogP contribution is -2.27. The number of pyridine rings is 1. The summed E-state index contributed by atoms with van der Waals surface area (Å²) in [5.41, 5.74) is 7.35. The highest BCUT2D eigenvalue weighted by molar-refractivity contribution is 9.10. The fraction of sp³-hybridized carbons (Fsp3) is 0.185. The molecule has 0 atom stereocenters. The molecule has 1 aromatic heterocycles. The van der Waals surface area contributed by atoms with Crippen molar-refractivity contribution in [3.05, 3.63) is 69.1 Å². The fourth-order valence-electron chi connectivity index (χ4n) is 4.24. The van der Waals surface area contributed by atoms with E-state index < -0.39 is 11.5 Å². The number of carbonyl (C=O) groups excluding carboxylic acids is 1. The predicted octanol–water partition coefficient (Wildman–Crippen LogP) is 5.25. The number of rotatable bonds is 7. The molecule has 0 saturated carbocycles. The van der Waals surface area contributed by atoms with Crippen molar-refractivity contribution >= 4 is 50.8 Å². The molecule has 0 aliphatic rings. The van der Waals surface area contributed by atoms with Crippen molar-refractivity contribution in [2.45, 2.75) is 0 Å². The molecule has 38 heavy (non-hydrogen) atoms. The molecule has 11 heteroatoms. The molecule has 3 aromatic carbocycles. The van der Waals surface area contributed by atoms with Gasteiger partial charge in [-0.25, -0.2) is 4.79 Å². The number of halogens is 2. The molecule has 0 spiro atoms. The van der Waals surface area contributed by atoms with E-state index in [0.29, 0.717) is 60.7 Å². The van der Waals surface area contributed by atoms with Gasteiger partial charge in [-0.1, -0.05) is 0 Å². The summed E-state index contributed by atoms with van der Waals surface area (Å²) in [7, 11) is 7.27. The summed E-state index contributed by atoms with van der Waals surface area (Å²) >= 11 is 3.53. The minimum Gasteiger partial charge on any atom is -0.493 e. The third kappa shape index (κ3) is 4.84. The molecule has 0 aliphatic heterocycles. The van der Waals surface area contributed by atoms with Crippen LogP contribution in [-0.4, -0.2) is 46.1 Å². The number of fused-ring (bicyclic) bond motifs is 1. The monoisotopic (exact) mass is 604 g/mol. The van der Waals surface area contributed by atoms with Crippen molar-refractivity contribution in [3.8, 4) is 39.8 Å². The van der Waals surface area contributed by atoms with E-state index in [-0.39, 0.29) is 18.1 Å². The first-order valence-corrected chi connectivity index (χ1v) is 11.8. The molecule has 0 aliphatic carbocycles. The van der Waals surface area contributed by atoms with E-state index in [2.05, 4.69) is 15.9 Å². The van der Waals surface area contributed by atoms with E-state index in [1.54, 1.807) is 48.5 Å². The van der Waals surface area contributed by atoms with E-state index in [9.17, 15) is 9.59 Å². The first-order valence-electron chi connectivity index (χ1n) is 11.0. The zero-order chi connectivity index (χ0) is 26.9. The smallest absolute Gasteiger partial charge is 0.355 e. The summed E-state index contributed by atoms with van der Waals surface area (Å²) < 4.78 is 29.1. The number of nitrogen functional groups attached to an aromatic ring is 1. The summed E-state index contributed by atoms with van der Waals surface area (Å²) in [4.78, 5) is 27.3. The number of carbonyl (C=O) groups is 1. The lowest BCUT2D eigenvalue weighted by molar-refractivity contribution is 0.0591. The van der Waals surface area contributed by atoms with Gasteiger partial charge in [-0.2, -0.15) is 0 Å². The van der Waals surface area contributed by atoms with Crippen LogP contribution in [0.5, 0.6) is 23.0 Å². The molecule has 9 nitrogen and oxygen atoms in total. The largest absolute Gasteiger partial charge is 0.493 e. The van der Waals surface area contributed by atoms with Gasteiger partial charge in [0.1, 0.15) is 5.69 Å². The first kappa shape index (κ1) is 28.7. The molecule has 2 N–H and O–H groups in total. The Balaban J connectivity index is 0.00000400. The highest BCUT2D eigenvalue weighted by Crippen LogP contribution is 2.44. The molecule has 1 heterocycles. The third-order valence-electron chi connectivity index (χ3n) is 5.94. The van der Waals surface area contributed by atoms with Crippen molar-refractivity contribution in [1.29, 1.82) is 0 Å². The van der Waals surface area contributed by atoms with Crippen LogP contribution in [-0.2, 0) is 4.74 Å². The first-order chi connectivity index (χ1) is 17.8. The Morgan fingerprint density at radius 1 is 0.816 bits per heavy atom. The molecular weight excluding hydrogens is 580 g/mol. The maximum atomic E-state index is 14.0. The quantitative estimate of drug-likeness (QED) is 0.225. The standard InChI is InChI=1S/C27H25BrN2O7.ClH/c1-33-20-12-17-18(13-21(20)34-2)26(31)30(16-8-6-15(29)7-9-16)24(27(32)37-5)23(17)14-10-19(28)25(36-4)22(11-14)35-3;/h6-13H,29H2,1-5H3;1H. The van der Waals surface area contributed by atoms with Gasteiger partial charge >= 0.3 is 5.97 Å². The Morgan fingerprint density at radius 3 is 1.92 bits per heavy atom. The molecule has 0 bridgehead atoms. The van der Waals surface area contributed by atoms with Crippen molar-refractivity contribution in [2.75, 3.05) is 41.3 Å². The number of ether oxygens (including phenoxy) is 5. The molecule has 200 valence electrons. The number of anilines is 1. The van der Waals surface area contributed by atoms with Gasteiger partial charge in [0, 0.05) is 22.3 Å². The van der Waals surface area contributed by atoms with Crippen molar-refractivity contribution in [1.82, 2.24) is 4.57 Å². The van der Waals surface area contributed by atoms with E-state index in [1.165, 1.54) is 40.1 Å². The van der Waals surface area contributed by atoms with E-state index >= 15 is 0 Å². The summed E-state index contributed by atoms with van der Waals surface area (Å²) in [6.45, 7) is 0. The van der Waals surface area contributed by atoms with Crippen LogP contribution in [0.3, 0.4) is 0 Å². The number of nitrogens with two attached hydrogens (primary N) is 1. The molecule has 0 saturated heterocycles. The molecule has 0 radical (unpaired) electrons. The van der Waals surface area contributed by atoms with Gasteiger partial charge in [-0.05, 0) is 70.0 Å². The van der Waals surface area contributed by atoms with Gasteiger partial charge in [0.05, 0.1) is 45.4 Å². The van der Waals surface area contributed by atoms with E-state index in [4.69, 9.17) is 29.4 Å². The second kappa shape index (κ2) is 11.7. The summed E-state index contributed by atoms with van der Waals surface area (Å²) in [5, 5.41) is 0.747. The van der Waals surface area contributed by atoms with Crippen LogP contribution in [0, 0.1) is 0 Å². The zero-order valence-electron chi connectivity index (χ0n) is 21.3. The minimum atomic E-state index is -0.716. The Labute approximate surface area is 233 Å². The molecule has 0 fully saturated rings. The maximum absolute atomic E-state index is 14.0. The summed E-state index contributed by atoms with van der Waals surface area (Å²) in [5.74, 6) is 0.923. The van der Waals surface area contributed by atoms with Gasteiger partial charge in [-0.15, -0.1) is 12.4 Å². The zero-order valence-corrected chi connectivity index (χ0v) is 23.7. The second-order valence-corrected chi connectivity index (χ2v) is 8.75. The van der Waals surface area contributed by atoms with Gasteiger partial charge in [0.2, 0.25) is 0 Å². The van der Waals surface area contributed by atoms with Gasteiger partial charge in [0.15, 0.2) is 23.0 Å². The topological polar surface area (TPSA) is 111 Å². The summed E-state index contributed by atoms with van der Waals surface area (Å²) in [6.07, 6.45) is 0. The van der Waals surface area contributed by atoms with Gasteiger partial charge < -0.3 is 29.4 Å². The van der Waals surface area contributed by atoms with Gasteiger partial charge in [-0.3, -0.25) is 9.36 Å². The average Bonchev–Trinajstić information content (AvgIpc) is 2.91. The average molecular weight is 606 g/mol. The lowest BCUT2D eigenvalue weighted by Gasteiger charge is -2.21. The minimum absolute atomic E-state index is 0. The Kier molecular flexibility index (Phi) is 8.80. The number of nitrogens with zero attached hydrogens (tertiary/aromatic N) is 1. The van der Waals surface area contributed by atoms with Crippen LogP contribution < -0.4 is 30.2 Å². The number of methoxy groups -OCH3 is 5. The highest BCUT2D eigenvalue weighted by Gasteiger charge is 2.27. The molecule has 0 amide bonds. The Bertz CT molecular complexity index is 1570. The van der Waals surface area contributed by atoms with E-state index in [1.807, 2.05) is 0 Å². The van der Waals surface area contributed by atoms with Crippen LogP contribution in [0.2, 0.25) is 0 Å². The normalized spacial score (nSPS) is 10.5. The van der Waals surface area contributed by atoms with Gasteiger partial charge in [0.25, 0.3) is 5.56 Å². The van der Waals surface area contributed by atoms with Crippen molar-refractivity contribution < 1.29 is 28.5 Å². The lowest BCUT2D eigenvalue weighted by atomic mass is 9.95. The van der Waals surface area contributed by atoms with Crippen LogP contribution in [0.1, 0.15) is 10.5 Å². The highest BCUT2D eigenvalue weighted by atomic mass is 79.9. The second-order valence-electron chi connectivity index (χ2n) is 7.89. The predicted molar refractivity (Wildman–Crippen MR) is 152 cm³/mol. The Morgan fingerprint density at radius 2 is 1.39 bits per heavy atom. The number of aromatic nitrogens is 1. The van der Waals surface area contributed by atoms with Crippen molar-refractivity contribution in [3.63, 3.8) is 0 Å². The Hall–Kier alpha value is -3.89. The number of esters is 1. The van der Waals surface area contributed by atoms with Crippen molar-refractivity contribution in [2.24, 2.45) is 0 Å². The molecule has 4 aromatic rings. The molecule has 4 rings (SSSR count). The van der Waals surface area contributed by atoms with Crippen LogP contribution in [0.15, 0.2) is 57.8 Å². The van der Waals surface area contributed by atoms with Crippen LogP contribution in [0.25, 0.3) is 27.6 Å². The molecular formula is C27H26BrClN2O7. The van der Waals surface area contributed by atoms with Crippen LogP contribution >= 0.6 is 28.3 Å². The van der Waals surface area contributed by atoms with E-state index in [0.717, 1.165) is 0 Å². The molecule has 0 unspecified atom stereocenters. The third-order valence-corrected chi connectivity index (χ3v) is 6.53.